The topological polar surface area (TPSA) is 86.7 Å². The molecular weight excluding hydrogens is 296 g/mol. The smallest absolute Gasteiger partial charge is 0.306 e. The van der Waals surface area contributed by atoms with E-state index in [9.17, 15) is 14.4 Å². The van der Waals surface area contributed by atoms with Crippen molar-refractivity contribution in [3.63, 3.8) is 0 Å². The van der Waals surface area contributed by atoms with Gasteiger partial charge in [0, 0.05) is 20.0 Å². The van der Waals surface area contributed by atoms with Gasteiger partial charge in [-0.2, -0.15) is 0 Å². The first-order valence-corrected chi connectivity index (χ1v) is 7.74. The van der Waals surface area contributed by atoms with Gasteiger partial charge in [0.2, 0.25) is 5.91 Å². The van der Waals surface area contributed by atoms with Gasteiger partial charge in [0.25, 0.3) is 5.91 Å². The molecule has 124 valence electrons. The Balaban J connectivity index is 2.11. The molecule has 0 spiro atoms. The molecule has 6 heteroatoms. The second kappa shape index (κ2) is 7.26. The van der Waals surface area contributed by atoms with Crippen molar-refractivity contribution in [3.05, 3.63) is 29.8 Å². The zero-order valence-corrected chi connectivity index (χ0v) is 13.4. The van der Waals surface area contributed by atoms with Crippen molar-refractivity contribution in [1.29, 1.82) is 0 Å². The van der Waals surface area contributed by atoms with Gasteiger partial charge >= 0.3 is 5.97 Å². The Morgan fingerprint density at radius 2 is 1.78 bits per heavy atom. The minimum absolute atomic E-state index is 0.187. The van der Waals surface area contributed by atoms with Crippen LogP contribution in [0.4, 0.5) is 5.69 Å². The molecule has 1 aromatic carbocycles. The molecule has 0 heterocycles. The van der Waals surface area contributed by atoms with Gasteiger partial charge in [-0.05, 0) is 31.4 Å². The maximum Gasteiger partial charge on any atom is 0.306 e. The van der Waals surface area contributed by atoms with Crippen molar-refractivity contribution in [3.8, 4) is 0 Å². The van der Waals surface area contributed by atoms with Crippen molar-refractivity contribution in [2.24, 2.45) is 11.8 Å². The number of aliphatic carboxylic acids is 1. The molecular formula is C17H22N2O4. The summed E-state index contributed by atoms with van der Waals surface area (Å²) in [5.41, 5.74) is 0.894. The summed E-state index contributed by atoms with van der Waals surface area (Å²) in [7, 11) is 3.30. The predicted molar refractivity (Wildman–Crippen MR) is 86.2 cm³/mol. The lowest BCUT2D eigenvalue weighted by molar-refractivity contribution is -0.143. The zero-order valence-electron chi connectivity index (χ0n) is 13.4. The first-order valence-electron chi connectivity index (χ1n) is 7.74. The fourth-order valence-corrected chi connectivity index (χ4v) is 2.91. The summed E-state index contributed by atoms with van der Waals surface area (Å²) in [5.74, 6) is -2.03. The SMILES string of the molecule is CN(C)C(=O)c1ccccc1NC(=O)C1CCCC(C(=O)O)C1. The minimum Gasteiger partial charge on any atom is -0.481 e. The number of carboxylic acids is 1. The average molecular weight is 318 g/mol. The molecule has 2 rings (SSSR count). The highest BCUT2D eigenvalue weighted by molar-refractivity contribution is 6.04. The van der Waals surface area contributed by atoms with Crippen molar-refractivity contribution < 1.29 is 19.5 Å². The van der Waals surface area contributed by atoms with Crippen LogP contribution in [0.1, 0.15) is 36.0 Å². The van der Waals surface area contributed by atoms with Crippen molar-refractivity contribution >= 4 is 23.5 Å². The van der Waals surface area contributed by atoms with Crippen LogP contribution < -0.4 is 5.32 Å². The van der Waals surface area contributed by atoms with Crippen LogP contribution in [-0.2, 0) is 9.59 Å². The molecule has 1 aliphatic rings. The van der Waals surface area contributed by atoms with Gasteiger partial charge in [0.1, 0.15) is 0 Å². The van der Waals surface area contributed by atoms with E-state index >= 15 is 0 Å². The van der Waals surface area contributed by atoms with Crippen molar-refractivity contribution in [1.82, 2.24) is 4.90 Å². The monoisotopic (exact) mass is 318 g/mol. The van der Waals surface area contributed by atoms with Crippen LogP contribution in [0.5, 0.6) is 0 Å². The summed E-state index contributed by atoms with van der Waals surface area (Å²) in [6.45, 7) is 0. The van der Waals surface area contributed by atoms with Crippen molar-refractivity contribution in [2.45, 2.75) is 25.7 Å². The Bertz CT molecular complexity index is 612. The fraction of sp³-hybridized carbons (Fsp3) is 0.471. The molecule has 0 aliphatic heterocycles. The fourth-order valence-electron chi connectivity index (χ4n) is 2.91. The van der Waals surface area contributed by atoms with E-state index in [-0.39, 0.29) is 17.7 Å². The molecule has 1 aromatic rings. The number of amides is 2. The number of para-hydroxylation sites is 1. The molecule has 0 bridgehead atoms. The van der Waals surface area contributed by atoms with Gasteiger partial charge in [-0.3, -0.25) is 14.4 Å². The van der Waals surface area contributed by atoms with Gasteiger partial charge in [-0.15, -0.1) is 0 Å². The highest BCUT2D eigenvalue weighted by atomic mass is 16.4. The molecule has 2 N–H and O–H groups in total. The molecule has 0 radical (unpaired) electrons. The summed E-state index contributed by atoms with van der Waals surface area (Å²) in [5, 5.41) is 11.9. The van der Waals surface area contributed by atoms with Crippen LogP contribution in [0.25, 0.3) is 0 Å². The van der Waals surface area contributed by atoms with E-state index < -0.39 is 11.9 Å². The number of carbonyl (C=O) groups excluding carboxylic acids is 2. The summed E-state index contributed by atoms with van der Waals surface area (Å²) in [6.07, 6.45) is 2.38. The van der Waals surface area contributed by atoms with E-state index in [0.717, 1.165) is 6.42 Å². The first kappa shape index (κ1) is 17.0. The number of nitrogens with one attached hydrogen (secondary N) is 1. The first-order chi connectivity index (χ1) is 10.9. The van der Waals surface area contributed by atoms with Crippen LogP contribution in [0.15, 0.2) is 24.3 Å². The standard InChI is InChI=1S/C17H22N2O4/c1-19(2)16(21)13-8-3-4-9-14(13)18-15(20)11-6-5-7-12(10-11)17(22)23/h3-4,8-9,11-12H,5-7,10H2,1-2H3,(H,18,20)(H,22,23). The van der Waals surface area contributed by atoms with E-state index in [1.807, 2.05) is 0 Å². The number of hydrogen-bond acceptors (Lipinski definition) is 3. The Morgan fingerprint density at radius 3 is 2.43 bits per heavy atom. The Morgan fingerprint density at radius 1 is 1.13 bits per heavy atom. The van der Waals surface area contributed by atoms with Gasteiger partial charge < -0.3 is 15.3 Å². The number of nitrogens with zero attached hydrogens (tertiary/aromatic N) is 1. The number of hydrogen-bond donors (Lipinski definition) is 2. The largest absolute Gasteiger partial charge is 0.481 e. The van der Waals surface area contributed by atoms with Crippen LogP contribution in [0, 0.1) is 11.8 Å². The molecule has 2 atom stereocenters. The van der Waals surface area contributed by atoms with E-state index in [1.54, 1.807) is 38.4 Å². The Hall–Kier alpha value is -2.37. The van der Waals surface area contributed by atoms with Gasteiger partial charge in [-0.25, -0.2) is 0 Å². The molecule has 1 saturated carbocycles. The predicted octanol–water partition coefficient (Wildman–Crippen LogP) is 2.22. The van der Waals surface area contributed by atoms with E-state index in [1.165, 1.54) is 4.90 Å². The van der Waals surface area contributed by atoms with Crippen LogP contribution in [0.3, 0.4) is 0 Å². The maximum absolute atomic E-state index is 12.5. The normalized spacial score (nSPS) is 20.6. The lowest BCUT2D eigenvalue weighted by Crippen LogP contribution is -2.31. The number of benzene rings is 1. The van der Waals surface area contributed by atoms with E-state index in [0.29, 0.717) is 30.5 Å². The van der Waals surface area contributed by atoms with Gasteiger partial charge in [0.05, 0.1) is 17.2 Å². The molecule has 0 aromatic heterocycles. The van der Waals surface area contributed by atoms with E-state index in [4.69, 9.17) is 5.11 Å². The second-order valence-corrected chi connectivity index (χ2v) is 6.13. The molecule has 2 unspecified atom stereocenters. The van der Waals surface area contributed by atoms with Crippen LogP contribution in [-0.4, -0.2) is 41.9 Å². The minimum atomic E-state index is -0.842. The van der Waals surface area contributed by atoms with E-state index in [2.05, 4.69) is 5.32 Å². The molecule has 0 saturated heterocycles. The third kappa shape index (κ3) is 4.09. The average Bonchev–Trinajstić information content (AvgIpc) is 2.54. The van der Waals surface area contributed by atoms with Crippen LogP contribution >= 0.6 is 0 Å². The Labute approximate surface area is 135 Å². The number of rotatable bonds is 4. The number of anilines is 1. The van der Waals surface area contributed by atoms with Gasteiger partial charge in [0.15, 0.2) is 0 Å². The second-order valence-electron chi connectivity index (χ2n) is 6.13. The van der Waals surface area contributed by atoms with Gasteiger partial charge in [-0.1, -0.05) is 18.6 Å². The summed E-state index contributed by atoms with van der Waals surface area (Å²) in [6, 6.07) is 6.85. The maximum atomic E-state index is 12.5. The zero-order chi connectivity index (χ0) is 17.0. The highest BCUT2D eigenvalue weighted by Gasteiger charge is 2.31. The molecule has 6 nitrogen and oxygen atoms in total. The molecule has 1 fully saturated rings. The van der Waals surface area contributed by atoms with Crippen LogP contribution in [0.2, 0.25) is 0 Å². The van der Waals surface area contributed by atoms with Crippen molar-refractivity contribution in [2.75, 3.05) is 19.4 Å². The molecule has 23 heavy (non-hydrogen) atoms. The number of carboxylic acid groups (broad SMARTS) is 1. The summed E-state index contributed by atoms with van der Waals surface area (Å²) >= 11 is 0. The molecule has 2 amide bonds. The number of carbonyl (C=O) groups is 3. The lowest BCUT2D eigenvalue weighted by Gasteiger charge is -2.26. The highest BCUT2D eigenvalue weighted by Crippen LogP contribution is 2.30. The molecule has 1 aliphatic carbocycles. The third-order valence-corrected chi connectivity index (χ3v) is 4.22. The Kier molecular flexibility index (Phi) is 5.36. The summed E-state index contributed by atoms with van der Waals surface area (Å²) < 4.78 is 0. The third-order valence-electron chi connectivity index (χ3n) is 4.22. The lowest BCUT2D eigenvalue weighted by atomic mass is 9.81. The summed E-state index contributed by atoms with van der Waals surface area (Å²) in [4.78, 5) is 37.2. The quantitative estimate of drug-likeness (QED) is 0.891.